The standard InChI is InChI=1S/C9H15F2NO3.ClH/c10-8(11)6-15-7-1-3-12(4-2-7)5-9(13)14;/h7-8H,1-6H2,(H,13,14);1H. The fourth-order valence-electron chi connectivity index (χ4n) is 1.63. The van der Waals surface area contributed by atoms with Crippen molar-refractivity contribution in [3.05, 3.63) is 0 Å². The molecule has 0 aromatic rings. The molecule has 1 aliphatic rings. The van der Waals surface area contributed by atoms with Gasteiger partial charge in [-0.05, 0) is 12.8 Å². The van der Waals surface area contributed by atoms with E-state index in [-0.39, 0.29) is 25.1 Å². The second-order valence-corrected chi connectivity index (χ2v) is 3.59. The highest BCUT2D eigenvalue weighted by Crippen LogP contribution is 2.14. The first-order valence-corrected chi connectivity index (χ1v) is 4.92. The lowest BCUT2D eigenvalue weighted by atomic mass is 10.1. The molecule has 1 heterocycles. The maximum absolute atomic E-state index is 11.8. The molecule has 0 atom stereocenters. The Labute approximate surface area is 99.0 Å². The predicted octanol–water partition coefficient (Wildman–Crippen LogP) is 1.24. The Morgan fingerprint density at radius 2 is 2.00 bits per heavy atom. The smallest absolute Gasteiger partial charge is 0.317 e. The van der Waals surface area contributed by atoms with Crippen LogP contribution in [0.25, 0.3) is 0 Å². The predicted molar refractivity (Wildman–Crippen MR) is 56.3 cm³/mol. The van der Waals surface area contributed by atoms with Crippen molar-refractivity contribution in [1.29, 1.82) is 0 Å². The van der Waals surface area contributed by atoms with E-state index in [1.165, 1.54) is 0 Å². The highest BCUT2D eigenvalue weighted by Gasteiger charge is 2.21. The van der Waals surface area contributed by atoms with Crippen LogP contribution in [0.2, 0.25) is 0 Å². The van der Waals surface area contributed by atoms with Gasteiger partial charge in [-0.25, -0.2) is 8.78 Å². The van der Waals surface area contributed by atoms with E-state index in [0.29, 0.717) is 25.9 Å². The minimum Gasteiger partial charge on any atom is -0.480 e. The van der Waals surface area contributed by atoms with Gasteiger partial charge in [0.05, 0.1) is 12.6 Å². The minimum atomic E-state index is -2.43. The third-order valence-corrected chi connectivity index (χ3v) is 2.35. The average Bonchev–Trinajstić information content (AvgIpc) is 2.16. The van der Waals surface area contributed by atoms with E-state index in [2.05, 4.69) is 0 Å². The van der Waals surface area contributed by atoms with Gasteiger partial charge in [0.2, 0.25) is 0 Å². The SMILES string of the molecule is Cl.O=C(O)CN1CCC(OCC(F)F)CC1. The van der Waals surface area contributed by atoms with Gasteiger partial charge in [0.15, 0.2) is 0 Å². The number of hydrogen-bond donors (Lipinski definition) is 1. The Balaban J connectivity index is 0.00000225. The number of nitrogens with zero attached hydrogens (tertiary/aromatic N) is 1. The Bertz CT molecular complexity index is 211. The zero-order valence-electron chi connectivity index (χ0n) is 8.77. The number of carbonyl (C=O) groups is 1. The Morgan fingerprint density at radius 3 is 2.44 bits per heavy atom. The molecule has 96 valence electrons. The van der Waals surface area contributed by atoms with Gasteiger partial charge in [-0.3, -0.25) is 9.69 Å². The largest absolute Gasteiger partial charge is 0.480 e. The second-order valence-electron chi connectivity index (χ2n) is 3.59. The first-order chi connectivity index (χ1) is 7.08. The summed E-state index contributed by atoms with van der Waals surface area (Å²) in [5, 5.41) is 8.54. The molecule has 16 heavy (non-hydrogen) atoms. The first-order valence-electron chi connectivity index (χ1n) is 4.92. The maximum Gasteiger partial charge on any atom is 0.317 e. The van der Waals surface area contributed by atoms with Crippen LogP contribution in [-0.4, -0.2) is 54.7 Å². The molecule has 0 aromatic carbocycles. The quantitative estimate of drug-likeness (QED) is 0.807. The summed E-state index contributed by atoms with van der Waals surface area (Å²) in [6.45, 7) is 0.686. The van der Waals surface area contributed by atoms with Crippen molar-refractivity contribution >= 4 is 18.4 Å². The first kappa shape index (κ1) is 15.5. The van der Waals surface area contributed by atoms with Gasteiger partial charge < -0.3 is 9.84 Å². The number of carboxylic acids is 1. The third kappa shape index (κ3) is 6.19. The zero-order valence-corrected chi connectivity index (χ0v) is 9.59. The van der Waals surface area contributed by atoms with E-state index >= 15 is 0 Å². The summed E-state index contributed by atoms with van der Waals surface area (Å²) < 4.78 is 28.6. The van der Waals surface area contributed by atoms with Gasteiger partial charge >= 0.3 is 5.97 Å². The number of carboxylic acid groups (broad SMARTS) is 1. The highest BCUT2D eigenvalue weighted by atomic mass is 35.5. The van der Waals surface area contributed by atoms with Crippen molar-refractivity contribution in [2.45, 2.75) is 25.4 Å². The summed E-state index contributed by atoms with van der Waals surface area (Å²) in [6, 6.07) is 0. The molecule has 7 heteroatoms. The maximum atomic E-state index is 11.8. The number of alkyl halides is 2. The Morgan fingerprint density at radius 1 is 1.44 bits per heavy atom. The van der Waals surface area contributed by atoms with Gasteiger partial charge in [-0.15, -0.1) is 12.4 Å². The van der Waals surface area contributed by atoms with Crippen molar-refractivity contribution in [2.75, 3.05) is 26.2 Å². The van der Waals surface area contributed by atoms with Crippen LogP contribution >= 0.6 is 12.4 Å². The lowest BCUT2D eigenvalue weighted by molar-refractivity contribution is -0.139. The molecule has 1 rings (SSSR count). The molecule has 0 unspecified atom stereocenters. The number of piperidine rings is 1. The van der Waals surface area contributed by atoms with Crippen LogP contribution in [0, 0.1) is 0 Å². The molecule has 0 amide bonds. The molecule has 1 N–H and O–H groups in total. The molecule has 1 aliphatic heterocycles. The van der Waals surface area contributed by atoms with Crippen LogP contribution in [0.3, 0.4) is 0 Å². The van der Waals surface area contributed by atoms with Crippen molar-refractivity contribution in [1.82, 2.24) is 4.90 Å². The Hall–Kier alpha value is -0.460. The molecule has 0 spiro atoms. The molecular weight excluding hydrogens is 244 g/mol. The van der Waals surface area contributed by atoms with Gasteiger partial charge in [-0.2, -0.15) is 0 Å². The molecule has 1 fully saturated rings. The average molecular weight is 260 g/mol. The molecule has 0 bridgehead atoms. The number of rotatable bonds is 5. The van der Waals surface area contributed by atoms with Crippen LogP contribution in [0.15, 0.2) is 0 Å². The van der Waals surface area contributed by atoms with E-state index in [9.17, 15) is 13.6 Å². The van der Waals surface area contributed by atoms with Crippen LogP contribution < -0.4 is 0 Å². The van der Waals surface area contributed by atoms with Gasteiger partial charge in [0.25, 0.3) is 6.43 Å². The monoisotopic (exact) mass is 259 g/mol. The normalized spacial score (nSPS) is 18.4. The fraction of sp³-hybridized carbons (Fsp3) is 0.889. The highest BCUT2D eigenvalue weighted by molar-refractivity contribution is 5.85. The molecule has 0 saturated carbocycles. The lowest BCUT2D eigenvalue weighted by Crippen LogP contribution is -2.40. The minimum absolute atomic E-state index is 0. The molecule has 0 aliphatic carbocycles. The lowest BCUT2D eigenvalue weighted by Gasteiger charge is -2.30. The number of likely N-dealkylation sites (tertiary alicyclic amines) is 1. The van der Waals surface area contributed by atoms with Crippen molar-refractivity contribution in [3.63, 3.8) is 0 Å². The fourth-order valence-corrected chi connectivity index (χ4v) is 1.63. The van der Waals surface area contributed by atoms with Gasteiger partial charge in [0.1, 0.15) is 6.61 Å². The van der Waals surface area contributed by atoms with E-state index in [0.717, 1.165) is 0 Å². The van der Waals surface area contributed by atoms with Gasteiger partial charge in [0, 0.05) is 13.1 Å². The third-order valence-electron chi connectivity index (χ3n) is 2.35. The zero-order chi connectivity index (χ0) is 11.3. The van der Waals surface area contributed by atoms with Crippen LogP contribution in [0.5, 0.6) is 0 Å². The molecule has 0 aromatic heterocycles. The Kier molecular flexibility index (Phi) is 7.53. The van der Waals surface area contributed by atoms with Crippen molar-refractivity contribution < 1.29 is 23.4 Å². The summed E-state index contributed by atoms with van der Waals surface area (Å²) in [6.07, 6.45) is -1.33. The second kappa shape index (κ2) is 7.76. The van der Waals surface area contributed by atoms with E-state index in [1.807, 2.05) is 0 Å². The number of hydrogen-bond acceptors (Lipinski definition) is 3. The molecule has 4 nitrogen and oxygen atoms in total. The summed E-state index contributed by atoms with van der Waals surface area (Å²) in [5.41, 5.74) is 0. The van der Waals surface area contributed by atoms with E-state index in [1.54, 1.807) is 4.90 Å². The van der Waals surface area contributed by atoms with Crippen molar-refractivity contribution in [3.8, 4) is 0 Å². The number of aliphatic carboxylic acids is 1. The van der Waals surface area contributed by atoms with Crippen LogP contribution in [0.4, 0.5) is 8.78 Å². The number of ether oxygens (including phenoxy) is 1. The van der Waals surface area contributed by atoms with E-state index < -0.39 is 19.0 Å². The summed E-state index contributed by atoms with van der Waals surface area (Å²) in [7, 11) is 0. The van der Waals surface area contributed by atoms with Crippen LogP contribution in [0.1, 0.15) is 12.8 Å². The molecule has 1 saturated heterocycles. The molecular formula is C9H16ClF2NO3. The summed E-state index contributed by atoms with van der Waals surface area (Å²) >= 11 is 0. The van der Waals surface area contributed by atoms with Gasteiger partial charge in [-0.1, -0.05) is 0 Å². The molecule has 0 radical (unpaired) electrons. The number of halogens is 3. The summed E-state index contributed by atoms with van der Waals surface area (Å²) in [4.78, 5) is 12.2. The topological polar surface area (TPSA) is 49.8 Å². The van der Waals surface area contributed by atoms with Crippen LogP contribution in [-0.2, 0) is 9.53 Å². The van der Waals surface area contributed by atoms with E-state index in [4.69, 9.17) is 9.84 Å². The summed E-state index contributed by atoms with van der Waals surface area (Å²) in [5.74, 6) is -0.859. The van der Waals surface area contributed by atoms with Crippen molar-refractivity contribution in [2.24, 2.45) is 0 Å².